The fourth-order valence-corrected chi connectivity index (χ4v) is 8.06. The molecule has 0 unspecified atom stereocenters. The molecule has 0 radical (unpaired) electrons. The summed E-state index contributed by atoms with van der Waals surface area (Å²) in [6.07, 6.45) is 0. The summed E-state index contributed by atoms with van der Waals surface area (Å²) in [7, 11) is 0. The molecule has 2 heterocycles. The van der Waals surface area contributed by atoms with Crippen LogP contribution in [-0.2, 0) is 0 Å². The molecule has 51 heavy (non-hydrogen) atoms. The number of nitrogens with zero attached hydrogens (tertiary/aromatic N) is 1. The number of benzene rings is 8. The highest BCUT2D eigenvalue weighted by Gasteiger charge is 2.42. The van der Waals surface area contributed by atoms with Crippen LogP contribution >= 0.6 is 0 Å². The predicted molar refractivity (Wildman–Crippen MR) is 214 cm³/mol. The summed E-state index contributed by atoms with van der Waals surface area (Å²) in [5, 5.41) is 0. The van der Waals surface area contributed by atoms with Crippen molar-refractivity contribution < 1.29 is 4.74 Å². The van der Waals surface area contributed by atoms with Crippen LogP contribution in [0, 0.1) is 0 Å². The first-order chi connectivity index (χ1) is 25.3. The van der Waals surface area contributed by atoms with Crippen molar-refractivity contribution in [3.8, 4) is 56.0 Å². The minimum absolute atomic E-state index is 0.0982. The summed E-state index contributed by atoms with van der Waals surface area (Å²) in [5.41, 5.74) is 16.7. The molecular formula is C48H32BNO. The minimum atomic E-state index is -0.0982. The van der Waals surface area contributed by atoms with E-state index < -0.39 is 0 Å². The fourth-order valence-electron chi connectivity index (χ4n) is 8.06. The van der Waals surface area contributed by atoms with Gasteiger partial charge in [-0.25, -0.2) is 0 Å². The Morgan fingerprint density at radius 1 is 0.353 bits per heavy atom. The second kappa shape index (κ2) is 12.1. The van der Waals surface area contributed by atoms with Crippen LogP contribution in [0.3, 0.4) is 0 Å². The third kappa shape index (κ3) is 4.89. The summed E-state index contributed by atoms with van der Waals surface area (Å²) in [5.74, 6) is 1.73. The zero-order chi connectivity index (χ0) is 33.7. The third-order valence-corrected chi connectivity index (χ3v) is 10.3. The van der Waals surface area contributed by atoms with Gasteiger partial charge in [0.25, 0.3) is 0 Å². The molecule has 0 bridgehead atoms. The molecule has 0 amide bonds. The lowest BCUT2D eigenvalue weighted by Gasteiger charge is -2.41. The molecule has 0 aromatic heterocycles. The van der Waals surface area contributed by atoms with Crippen LogP contribution in [0.4, 0.5) is 17.1 Å². The Morgan fingerprint density at radius 2 is 0.882 bits per heavy atom. The lowest BCUT2D eigenvalue weighted by Crippen LogP contribution is -2.58. The number of hydrogen-bond donors (Lipinski definition) is 0. The molecule has 3 heteroatoms. The van der Waals surface area contributed by atoms with Gasteiger partial charge in [0.05, 0.1) is 11.4 Å². The van der Waals surface area contributed by atoms with Gasteiger partial charge < -0.3 is 9.64 Å². The van der Waals surface area contributed by atoms with Gasteiger partial charge in [-0.2, -0.15) is 0 Å². The first-order valence-electron chi connectivity index (χ1n) is 17.6. The minimum Gasteiger partial charge on any atom is -0.453 e. The topological polar surface area (TPSA) is 12.5 Å². The van der Waals surface area contributed by atoms with Crippen molar-refractivity contribution in [3.05, 3.63) is 194 Å². The van der Waals surface area contributed by atoms with Crippen LogP contribution in [0.1, 0.15) is 0 Å². The molecule has 0 saturated heterocycles. The Balaban J connectivity index is 1.34. The van der Waals surface area contributed by atoms with Crippen molar-refractivity contribution in [2.24, 2.45) is 0 Å². The first-order valence-corrected chi connectivity index (χ1v) is 17.6. The zero-order valence-corrected chi connectivity index (χ0v) is 27.9. The second-order valence-corrected chi connectivity index (χ2v) is 13.3. The molecule has 0 aliphatic carbocycles. The molecule has 0 fully saturated rings. The van der Waals surface area contributed by atoms with E-state index in [0.29, 0.717) is 0 Å². The van der Waals surface area contributed by atoms with E-state index in [2.05, 4.69) is 193 Å². The van der Waals surface area contributed by atoms with Crippen LogP contribution in [0.2, 0.25) is 0 Å². The molecule has 238 valence electrons. The van der Waals surface area contributed by atoms with Crippen LogP contribution in [0.5, 0.6) is 11.5 Å². The number of hydrogen-bond acceptors (Lipinski definition) is 2. The summed E-state index contributed by atoms with van der Waals surface area (Å²) < 4.78 is 6.68. The third-order valence-electron chi connectivity index (χ3n) is 10.3. The van der Waals surface area contributed by atoms with E-state index in [1.165, 1.54) is 66.6 Å². The van der Waals surface area contributed by atoms with Gasteiger partial charge in [-0.05, 0) is 91.8 Å². The van der Waals surface area contributed by atoms with Gasteiger partial charge in [0.15, 0.2) is 11.5 Å². The van der Waals surface area contributed by atoms with Gasteiger partial charge in [0.1, 0.15) is 0 Å². The number of para-hydroxylation sites is 3. The maximum atomic E-state index is 6.68. The number of ether oxygens (including phenoxy) is 1. The molecule has 2 aliphatic heterocycles. The summed E-state index contributed by atoms with van der Waals surface area (Å²) in [6.45, 7) is -0.0982. The number of fused-ring (bicyclic) bond motifs is 4. The average molecular weight is 650 g/mol. The Bertz CT molecular complexity index is 2490. The molecule has 0 atom stereocenters. The van der Waals surface area contributed by atoms with E-state index in [0.717, 1.165) is 22.9 Å². The lowest BCUT2D eigenvalue weighted by atomic mass is 9.33. The van der Waals surface area contributed by atoms with Gasteiger partial charge in [0.2, 0.25) is 6.71 Å². The standard InChI is InChI=1S/C48H32BNO/c1-5-16-33(17-6-1)37-28-29-43-42(32-37)49(41-24-15-27-46-48(41)50(43)44-25-13-14-26-45(44)51-46)47-39(35-20-9-3-10-21-35)30-38(34-18-7-2-8-19-34)31-40(47)36-22-11-4-12-23-36/h1-32H. The second-order valence-electron chi connectivity index (χ2n) is 13.3. The molecule has 0 saturated carbocycles. The molecule has 0 spiro atoms. The van der Waals surface area contributed by atoms with Crippen molar-refractivity contribution in [1.82, 2.24) is 0 Å². The van der Waals surface area contributed by atoms with E-state index in [1.54, 1.807) is 0 Å². The average Bonchev–Trinajstić information content (AvgIpc) is 3.21. The van der Waals surface area contributed by atoms with E-state index in [1.807, 2.05) is 6.07 Å². The number of anilines is 3. The fraction of sp³-hybridized carbons (Fsp3) is 0. The van der Waals surface area contributed by atoms with Gasteiger partial charge >= 0.3 is 0 Å². The highest BCUT2D eigenvalue weighted by molar-refractivity contribution is 6.99. The Hall–Kier alpha value is -6.58. The van der Waals surface area contributed by atoms with Gasteiger partial charge in [-0.15, -0.1) is 0 Å². The quantitative estimate of drug-likeness (QED) is 0.172. The van der Waals surface area contributed by atoms with Crippen LogP contribution in [0.25, 0.3) is 44.5 Å². The van der Waals surface area contributed by atoms with Crippen LogP contribution < -0.4 is 26.0 Å². The maximum Gasteiger partial charge on any atom is 0.248 e. The maximum absolute atomic E-state index is 6.68. The molecular weight excluding hydrogens is 617 g/mol. The predicted octanol–water partition coefficient (Wildman–Crippen LogP) is 10.8. The van der Waals surface area contributed by atoms with E-state index >= 15 is 0 Å². The molecule has 0 N–H and O–H groups in total. The molecule has 2 aliphatic rings. The highest BCUT2D eigenvalue weighted by Crippen LogP contribution is 2.51. The highest BCUT2D eigenvalue weighted by atomic mass is 16.5. The lowest BCUT2D eigenvalue weighted by molar-refractivity contribution is 0.477. The normalized spacial score (nSPS) is 12.4. The van der Waals surface area contributed by atoms with Gasteiger partial charge in [-0.1, -0.05) is 163 Å². The first kappa shape index (κ1) is 29.4. The summed E-state index contributed by atoms with van der Waals surface area (Å²) >= 11 is 0. The van der Waals surface area contributed by atoms with E-state index in [-0.39, 0.29) is 6.71 Å². The largest absolute Gasteiger partial charge is 0.453 e. The van der Waals surface area contributed by atoms with Crippen LogP contribution in [0.15, 0.2) is 194 Å². The van der Waals surface area contributed by atoms with Gasteiger partial charge in [-0.3, -0.25) is 0 Å². The molecule has 8 aromatic carbocycles. The zero-order valence-electron chi connectivity index (χ0n) is 27.9. The molecule has 10 rings (SSSR count). The Kier molecular flexibility index (Phi) is 6.95. The van der Waals surface area contributed by atoms with Crippen molar-refractivity contribution in [1.29, 1.82) is 0 Å². The van der Waals surface area contributed by atoms with Crippen molar-refractivity contribution in [3.63, 3.8) is 0 Å². The monoisotopic (exact) mass is 649 g/mol. The SMILES string of the molecule is c1ccc(-c2ccc3c(c2)B(c2c(-c4ccccc4)cc(-c4ccccc4)cc2-c2ccccc2)c2cccc4c2N3c2ccccc2O4)cc1. The number of rotatable bonds is 5. The molecule has 2 nitrogen and oxygen atoms in total. The Labute approximate surface area is 299 Å². The van der Waals surface area contributed by atoms with Crippen molar-refractivity contribution in [2.45, 2.75) is 0 Å². The van der Waals surface area contributed by atoms with E-state index in [9.17, 15) is 0 Å². The summed E-state index contributed by atoms with van der Waals surface area (Å²) in [4.78, 5) is 2.42. The van der Waals surface area contributed by atoms with Crippen molar-refractivity contribution >= 4 is 40.2 Å². The van der Waals surface area contributed by atoms with Crippen LogP contribution in [-0.4, -0.2) is 6.71 Å². The summed E-state index contributed by atoms with van der Waals surface area (Å²) in [6, 6.07) is 70.0. The van der Waals surface area contributed by atoms with Crippen molar-refractivity contribution in [2.75, 3.05) is 4.90 Å². The smallest absolute Gasteiger partial charge is 0.248 e. The molecule has 8 aromatic rings. The van der Waals surface area contributed by atoms with Gasteiger partial charge in [0, 0.05) is 5.69 Å². The Morgan fingerprint density at radius 3 is 1.51 bits per heavy atom. The van der Waals surface area contributed by atoms with E-state index in [4.69, 9.17) is 4.74 Å².